The number of rotatable bonds is 3. The summed E-state index contributed by atoms with van der Waals surface area (Å²) in [7, 11) is 0. The molecule has 1 nitrogen and oxygen atoms in total. The second kappa shape index (κ2) is 7.77. The highest BCUT2D eigenvalue weighted by molar-refractivity contribution is 5.21. The van der Waals surface area contributed by atoms with Crippen molar-refractivity contribution in [3.63, 3.8) is 0 Å². The van der Waals surface area contributed by atoms with Crippen LogP contribution >= 0.6 is 0 Å². The topological polar surface area (TPSA) is 23.8 Å². The van der Waals surface area contributed by atoms with E-state index in [9.17, 15) is 4.39 Å². The first kappa shape index (κ1) is 16.2. The van der Waals surface area contributed by atoms with Crippen LogP contribution in [-0.4, -0.2) is 0 Å². The number of benzene rings is 1. The average molecular weight is 311 g/mol. The van der Waals surface area contributed by atoms with E-state index in [4.69, 9.17) is 5.26 Å². The van der Waals surface area contributed by atoms with E-state index < -0.39 is 0 Å². The molecule has 0 heterocycles. The molecule has 0 atom stereocenters. The second-order valence-corrected chi connectivity index (χ2v) is 7.33. The standard InChI is InChI=1S/C21H26FN/c22-21-13-11-20(12-14-21)19-9-7-18(8-10-19)17-5-3-16(4-6-17)2-1-15-23/h1-2,11-14,16-19H,3-10H2/b2-1+/t16?,17?,18-,19-. The zero-order valence-corrected chi connectivity index (χ0v) is 13.8. The van der Waals surface area contributed by atoms with Gasteiger partial charge in [0.2, 0.25) is 0 Å². The summed E-state index contributed by atoms with van der Waals surface area (Å²) in [6.45, 7) is 0. The van der Waals surface area contributed by atoms with E-state index in [1.165, 1.54) is 56.9 Å². The van der Waals surface area contributed by atoms with Crippen LogP contribution in [0, 0.1) is 34.9 Å². The van der Waals surface area contributed by atoms with E-state index in [-0.39, 0.29) is 5.82 Å². The molecule has 0 aliphatic heterocycles. The Morgan fingerprint density at radius 3 is 2.00 bits per heavy atom. The lowest BCUT2D eigenvalue weighted by Crippen LogP contribution is -2.25. The summed E-state index contributed by atoms with van der Waals surface area (Å²) in [4.78, 5) is 0. The van der Waals surface area contributed by atoms with Crippen molar-refractivity contribution in [2.24, 2.45) is 17.8 Å². The zero-order chi connectivity index (χ0) is 16.1. The fourth-order valence-electron chi connectivity index (χ4n) is 4.65. The molecule has 1 aromatic carbocycles. The van der Waals surface area contributed by atoms with E-state index >= 15 is 0 Å². The van der Waals surface area contributed by atoms with Gasteiger partial charge in [0.25, 0.3) is 0 Å². The lowest BCUT2D eigenvalue weighted by atomic mass is 9.68. The SMILES string of the molecule is N#C/C=C/C1CCC([C@H]2CC[C@H](c3ccc(F)cc3)CC2)CC1. The Hall–Kier alpha value is -1.62. The van der Waals surface area contributed by atoms with Gasteiger partial charge in [-0.25, -0.2) is 4.39 Å². The first-order chi connectivity index (χ1) is 11.3. The molecule has 122 valence electrons. The lowest BCUT2D eigenvalue weighted by molar-refractivity contribution is 0.171. The Morgan fingerprint density at radius 2 is 1.43 bits per heavy atom. The summed E-state index contributed by atoms with van der Waals surface area (Å²) < 4.78 is 13.0. The van der Waals surface area contributed by atoms with Gasteiger partial charge in [-0.1, -0.05) is 18.2 Å². The molecule has 2 fully saturated rings. The van der Waals surface area contributed by atoms with Crippen LogP contribution in [0.25, 0.3) is 0 Å². The van der Waals surface area contributed by atoms with Gasteiger partial charge >= 0.3 is 0 Å². The predicted octanol–water partition coefficient (Wildman–Crippen LogP) is 5.99. The molecule has 0 N–H and O–H groups in total. The van der Waals surface area contributed by atoms with Crippen molar-refractivity contribution >= 4 is 0 Å². The molecule has 3 rings (SSSR count). The molecule has 2 heteroatoms. The molecule has 0 amide bonds. The van der Waals surface area contributed by atoms with Gasteiger partial charge in [-0.05, 0) is 92.7 Å². The molecule has 2 aliphatic rings. The molecule has 2 aliphatic carbocycles. The minimum absolute atomic E-state index is 0.135. The highest BCUT2D eigenvalue weighted by Gasteiger charge is 2.30. The summed E-state index contributed by atoms with van der Waals surface area (Å²) in [5, 5.41) is 8.63. The molecule has 0 bridgehead atoms. The van der Waals surface area contributed by atoms with Crippen LogP contribution < -0.4 is 0 Å². The van der Waals surface area contributed by atoms with Gasteiger partial charge in [0, 0.05) is 6.08 Å². The fraction of sp³-hybridized carbons (Fsp3) is 0.571. The fourth-order valence-corrected chi connectivity index (χ4v) is 4.65. The first-order valence-corrected chi connectivity index (χ1v) is 9.08. The third kappa shape index (κ3) is 4.22. The van der Waals surface area contributed by atoms with Crippen molar-refractivity contribution in [2.45, 2.75) is 57.3 Å². The highest BCUT2D eigenvalue weighted by atomic mass is 19.1. The lowest BCUT2D eigenvalue weighted by Gasteiger charge is -2.37. The van der Waals surface area contributed by atoms with Gasteiger partial charge in [-0.3, -0.25) is 0 Å². The average Bonchev–Trinajstić information content (AvgIpc) is 2.61. The normalized spacial score (nSPS) is 31.8. The maximum absolute atomic E-state index is 13.0. The van der Waals surface area contributed by atoms with E-state index in [1.807, 2.05) is 12.1 Å². The number of allylic oxidation sites excluding steroid dienone is 2. The molecular formula is C21H26FN. The summed E-state index contributed by atoms with van der Waals surface area (Å²) in [6, 6.07) is 9.23. The largest absolute Gasteiger partial charge is 0.207 e. The zero-order valence-electron chi connectivity index (χ0n) is 13.8. The minimum Gasteiger partial charge on any atom is -0.207 e. The monoisotopic (exact) mass is 311 g/mol. The van der Waals surface area contributed by atoms with Crippen LogP contribution in [0.2, 0.25) is 0 Å². The molecule has 0 radical (unpaired) electrons. The van der Waals surface area contributed by atoms with Crippen molar-refractivity contribution in [2.75, 3.05) is 0 Å². The Balaban J connectivity index is 1.47. The Labute approximate surface area is 139 Å². The van der Waals surface area contributed by atoms with Gasteiger partial charge in [-0.15, -0.1) is 0 Å². The summed E-state index contributed by atoms with van der Waals surface area (Å²) >= 11 is 0. The molecular weight excluding hydrogens is 285 g/mol. The third-order valence-corrected chi connectivity index (χ3v) is 6.04. The van der Waals surface area contributed by atoms with Gasteiger partial charge in [0.1, 0.15) is 5.82 Å². The van der Waals surface area contributed by atoms with Crippen LogP contribution in [-0.2, 0) is 0 Å². The van der Waals surface area contributed by atoms with Crippen LogP contribution in [0.15, 0.2) is 36.4 Å². The molecule has 0 spiro atoms. The number of halogens is 1. The number of nitrogens with zero attached hydrogens (tertiary/aromatic N) is 1. The molecule has 2 saturated carbocycles. The van der Waals surface area contributed by atoms with Crippen molar-refractivity contribution < 1.29 is 4.39 Å². The maximum Gasteiger partial charge on any atom is 0.123 e. The van der Waals surface area contributed by atoms with E-state index in [0.29, 0.717) is 11.8 Å². The Bertz CT molecular complexity index is 552. The number of nitriles is 1. The summed E-state index contributed by atoms with van der Waals surface area (Å²) in [5.41, 5.74) is 1.31. The first-order valence-electron chi connectivity index (χ1n) is 9.08. The van der Waals surface area contributed by atoms with E-state index in [0.717, 1.165) is 11.8 Å². The van der Waals surface area contributed by atoms with Gasteiger partial charge in [-0.2, -0.15) is 5.26 Å². The smallest absolute Gasteiger partial charge is 0.123 e. The van der Waals surface area contributed by atoms with E-state index in [1.54, 1.807) is 18.2 Å². The number of hydrogen-bond acceptors (Lipinski definition) is 1. The van der Waals surface area contributed by atoms with Crippen molar-refractivity contribution in [3.05, 3.63) is 47.8 Å². The van der Waals surface area contributed by atoms with Gasteiger partial charge < -0.3 is 0 Å². The highest BCUT2D eigenvalue weighted by Crippen LogP contribution is 2.44. The van der Waals surface area contributed by atoms with Gasteiger partial charge in [0.05, 0.1) is 6.07 Å². The maximum atomic E-state index is 13.0. The molecule has 1 aromatic rings. The minimum atomic E-state index is -0.135. The van der Waals surface area contributed by atoms with Gasteiger partial charge in [0.15, 0.2) is 0 Å². The van der Waals surface area contributed by atoms with Crippen molar-refractivity contribution in [1.82, 2.24) is 0 Å². The summed E-state index contributed by atoms with van der Waals surface area (Å²) in [5.74, 6) is 2.89. The Morgan fingerprint density at radius 1 is 0.870 bits per heavy atom. The Kier molecular flexibility index (Phi) is 5.49. The van der Waals surface area contributed by atoms with Crippen LogP contribution in [0.4, 0.5) is 4.39 Å². The summed E-state index contributed by atoms with van der Waals surface area (Å²) in [6.07, 6.45) is 14.1. The molecule has 0 saturated heterocycles. The predicted molar refractivity (Wildman–Crippen MR) is 91.3 cm³/mol. The van der Waals surface area contributed by atoms with Crippen LogP contribution in [0.3, 0.4) is 0 Å². The van der Waals surface area contributed by atoms with E-state index in [2.05, 4.69) is 12.1 Å². The van der Waals surface area contributed by atoms with Crippen LogP contribution in [0.1, 0.15) is 62.8 Å². The second-order valence-electron chi connectivity index (χ2n) is 7.33. The van der Waals surface area contributed by atoms with Crippen LogP contribution in [0.5, 0.6) is 0 Å². The van der Waals surface area contributed by atoms with Crippen molar-refractivity contribution in [3.8, 4) is 6.07 Å². The number of hydrogen-bond donors (Lipinski definition) is 0. The quantitative estimate of drug-likeness (QED) is 0.629. The third-order valence-electron chi connectivity index (χ3n) is 6.04. The molecule has 0 aromatic heterocycles. The molecule has 0 unspecified atom stereocenters. The molecule has 23 heavy (non-hydrogen) atoms. The van der Waals surface area contributed by atoms with Crippen molar-refractivity contribution in [1.29, 1.82) is 5.26 Å².